The summed E-state index contributed by atoms with van der Waals surface area (Å²) < 4.78 is 46.0. The van der Waals surface area contributed by atoms with Gasteiger partial charge in [-0.2, -0.15) is 18.4 Å². The number of nitriles is 1. The molecule has 0 radical (unpaired) electrons. The van der Waals surface area contributed by atoms with Gasteiger partial charge >= 0.3 is 6.18 Å². The predicted octanol–water partition coefficient (Wildman–Crippen LogP) is 7.36. The van der Waals surface area contributed by atoms with Crippen LogP contribution in [-0.2, 0) is 17.6 Å². The molecule has 0 spiro atoms. The molecule has 0 aliphatic carbocycles. The molecule has 0 atom stereocenters. The summed E-state index contributed by atoms with van der Waals surface area (Å²) in [6, 6.07) is 18.7. The molecule has 3 aromatic carbocycles. The minimum atomic E-state index is -4.54. The summed E-state index contributed by atoms with van der Waals surface area (Å²) >= 11 is 6.79. The summed E-state index contributed by atoms with van der Waals surface area (Å²) in [6.45, 7) is 0.351. The van der Waals surface area contributed by atoms with Gasteiger partial charge in [0.05, 0.1) is 10.0 Å². The molecule has 0 fully saturated rings. The Morgan fingerprint density at radius 2 is 1.79 bits per heavy atom. The molecule has 9 heteroatoms. The van der Waals surface area contributed by atoms with Crippen molar-refractivity contribution in [1.29, 1.82) is 5.26 Å². The van der Waals surface area contributed by atoms with E-state index >= 15 is 0 Å². The Morgan fingerprint density at radius 1 is 1.06 bits per heavy atom. The Labute approximate surface area is 204 Å². The molecule has 168 valence electrons. The second-order valence-corrected chi connectivity index (χ2v) is 8.58. The summed E-state index contributed by atoms with van der Waals surface area (Å²) in [5.41, 5.74) is 0.294. The van der Waals surface area contributed by atoms with Gasteiger partial charge in [-0.25, -0.2) is 0 Å². The van der Waals surface area contributed by atoms with Crippen LogP contribution in [0.4, 0.5) is 18.9 Å². The number of alkyl halides is 3. The van der Waals surface area contributed by atoms with E-state index in [1.807, 2.05) is 24.3 Å². The first-order valence-corrected chi connectivity index (χ1v) is 11.0. The molecule has 3 aromatic rings. The van der Waals surface area contributed by atoms with Gasteiger partial charge in [0.25, 0.3) is 5.91 Å². The van der Waals surface area contributed by atoms with Crippen molar-refractivity contribution < 1.29 is 22.7 Å². The lowest BCUT2D eigenvalue weighted by molar-refractivity contribution is -0.137. The number of anilines is 1. The highest BCUT2D eigenvalue weighted by Crippen LogP contribution is 2.31. The number of nitrogens with zero attached hydrogens (tertiary/aromatic N) is 1. The van der Waals surface area contributed by atoms with Gasteiger partial charge in [-0.1, -0.05) is 40.2 Å². The third-order valence-corrected chi connectivity index (χ3v) is 5.54. The van der Waals surface area contributed by atoms with Crippen molar-refractivity contribution in [2.75, 3.05) is 5.32 Å². The first-order chi connectivity index (χ1) is 15.7. The average Bonchev–Trinajstić information content (AvgIpc) is 2.77. The number of carbonyl (C=O) groups is 1. The van der Waals surface area contributed by atoms with Crippen molar-refractivity contribution in [2.45, 2.75) is 12.8 Å². The van der Waals surface area contributed by atoms with Gasteiger partial charge < -0.3 is 10.1 Å². The molecule has 1 amide bonds. The minimum Gasteiger partial charge on any atom is -0.488 e. The first-order valence-electron chi connectivity index (χ1n) is 9.43. The SMILES string of the molecule is N#C/C(=C\c1ccc(OCc2ccc(Br)cc2)c(Br)c1)C(=O)Nc1cccc(C(F)(F)F)c1. The van der Waals surface area contributed by atoms with Crippen molar-refractivity contribution >= 4 is 49.5 Å². The summed E-state index contributed by atoms with van der Waals surface area (Å²) in [5.74, 6) is -0.245. The summed E-state index contributed by atoms with van der Waals surface area (Å²) in [6.07, 6.45) is -3.20. The molecular formula is C24H15Br2F3N2O2. The van der Waals surface area contributed by atoms with Crippen molar-refractivity contribution in [3.8, 4) is 11.8 Å². The van der Waals surface area contributed by atoms with Gasteiger partial charge in [-0.05, 0) is 75.6 Å². The van der Waals surface area contributed by atoms with Crippen LogP contribution in [0.3, 0.4) is 0 Å². The van der Waals surface area contributed by atoms with Crippen LogP contribution < -0.4 is 10.1 Å². The molecule has 0 bridgehead atoms. The highest BCUT2D eigenvalue weighted by Gasteiger charge is 2.30. The molecule has 4 nitrogen and oxygen atoms in total. The maximum absolute atomic E-state index is 12.9. The molecule has 33 heavy (non-hydrogen) atoms. The Balaban J connectivity index is 1.71. The highest BCUT2D eigenvalue weighted by atomic mass is 79.9. The van der Waals surface area contributed by atoms with Gasteiger partial charge in [0, 0.05) is 10.2 Å². The van der Waals surface area contributed by atoms with E-state index in [1.54, 1.807) is 24.3 Å². The standard InChI is InChI=1S/C24H15Br2F3N2O2/c25-19-7-4-15(5-8-19)14-33-22-9-6-16(11-21(22)26)10-17(13-30)23(32)31-20-3-1-2-18(12-20)24(27,28)29/h1-12H,14H2,(H,31,32)/b17-10+. The zero-order chi connectivity index (χ0) is 24.0. The molecule has 3 rings (SSSR count). The Morgan fingerprint density at radius 3 is 2.42 bits per heavy atom. The summed E-state index contributed by atoms with van der Waals surface area (Å²) in [4.78, 5) is 12.4. The number of hydrogen-bond donors (Lipinski definition) is 1. The Bertz CT molecular complexity index is 1230. The fourth-order valence-electron chi connectivity index (χ4n) is 2.75. The van der Waals surface area contributed by atoms with Gasteiger partial charge in [0.1, 0.15) is 24.0 Å². The van der Waals surface area contributed by atoms with Gasteiger partial charge in [0.15, 0.2) is 0 Å². The second kappa shape index (κ2) is 10.7. The number of hydrogen-bond acceptors (Lipinski definition) is 3. The fourth-order valence-corrected chi connectivity index (χ4v) is 3.53. The second-order valence-electron chi connectivity index (χ2n) is 6.81. The van der Waals surface area contributed by atoms with Crippen molar-refractivity contribution in [3.63, 3.8) is 0 Å². The van der Waals surface area contributed by atoms with E-state index in [9.17, 15) is 23.2 Å². The lowest BCUT2D eigenvalue weighted by atomic mass is 10.1. The van der Waals surface area contributed by atoms with Crippen LogP contribution >= 0.6 is 31.9 Å². The molecule has 0 saturated carbocycles. The first kappa shape index (κ1) is 24.6. The van der Waals surface area contributed by atoms with E-state index < -0.39 is 17.6 Å². The maximum atomic E-state index is 12.9. The van der Waals surface area contributed by atoms with Gasteiger partial charge in [-0.3, -0.25) is 4.79 Å². The molecule has 0 aromatic heterocycles. The van der Waals surface area contributed by atoms with Crippen LogP contribution in [0.15, 0.2) is 81.2 Å². The van der Waals surface area contributed by atoms with Crippen LogP contribution in [0.2, 0.25) is 0 Å². The molecule has 0 aliphatic heterocycles. The third-order valence-electron chi connectivity index (χ3n) is 4.39. The van der Waals surface area contributed by atoms with Crippen LogP contribution in [0, 0.1) is 11.3 Å². The zero-order valence-corrected chi connectivity index (χ0v) is 20.0. The predicted molar refractivity (Wildman–Crippen MR) is 126 cm³/mol. The maximum Gasteiger partial charge on any atom is 0.416 e. The van der Waals surface area contributed by atoms with E-state index in [-0.39, 0.29) is 11.3 Å². The molecule has 1 N–H and O–H groups in total. The average molecular weight is 580 g/mol. The summed E-state index contributed by atoms with van der Waals surface area (Å²) in [7, 11) is 0. The van der Waals surface area contributed by atoms with Crippen LogP contribution in [-0.4, -0.2) is 5.91 Å². The lowest BCUT2D eigenvalue weighted by Crippen LogP contribution is -2.14. The topological polar surface area (TPSA) is 62.1 Å². The number of amides is 1. The third kappa shape index (κ3) is 6.94. The van der Waals surface area contributed by atoms with Crippen LogP contribution in [0.5, 0.6) is 5.75 Å². The van der Waals surface area contributed by atoms with E-state index in [0.29, 0.717) is 22.4 Å². The van der Waals surface area contributed by atoms with Crippen molar-refractivity contribution in [3.05, 3.63) is 97.9 Å². The molecule has 0 aliphatic rings. The number of benzene rings is 3. The van der Waals surface area contributed by atoms with Gasteiger partial charge in [-0.15, -0.1) is 0 Å². The minimum absolute atomic E-state index is 0.0613. The highest BCUT2D eigenvalue weighted by molar-refractivity contribution is 9.10. The number of halogens is 5. The number of rotatable bonds is 6. The van der Waals surface area contributed by atoms with E-state index in [2.05, 4.69) is 37.2 Å². The number of carbonyl (C=O) groups excluding carboxylic acids is 1. The van der Waals surface area contributed by atoms with E-state index in [0.717, 1.165) is 22.2 Å². The van der Waals surface area contributed by atoms with Crippen LogP contribution in [0.25, 0.3) is 6.08 Å². The Kier molecular flexibility index (Phi) is 7.95. The molecular weight excluding hydrogens is 565 g/mol. The van der Waals surface area contributed by atoms with Crippen molar-refractivity contribution in [2.24, 2.45) is 0 Å². The molecule has 0 heterocycles. The smallest absolute Gasteiger partial charge is 0.416 e. The monoisotopic (exact) mass is 578 g/mol. The van der Waals surface area contributed by atoms with Crippen molar-refractivity contribution in [1.82, 2.24) is 0 Å². The van der Waals surface area contributed by atoms with Crippen LogP contribution in [0.1, 0.15) is 16.7 Å². The van der Waals surface area contributed by atoms with Gasteiger partial charge in [0.2, 0.25) is 0 Å². The number of nitrogens with one attached hydrogen (secondary N) is 1. The van der Waals surface area contributed by atoms with E-state index in [1.165, 1.54) is 18.2 Å². The quantitative estimate of drug-likeness (QED) is 0.245. The molecule has 0 unspecified atom stereocenters. The Hall–Kier alpha value is -3.09. The zero-order valence-electron chi connectivity index (χ0n) is 16.8. The fraction of sp³-hybridized carbons (Fsp3) is 0.0833. The largest absolute Gasteiger partial charge is 0.488 e. The molecule has 0 saturated heterocycles. The summed E-state index contributed by atoms with van der Waals surface area (Å²) in [5, 5.41) is 11.7. The number of ether oxygens (including phenoxy) is 1. The normalized spacial score (nSPS) is 11.6. The lowest BCUT2D eigenvalue weighted by Gasteiger charge is -2.10. The van der Waals surface area contributed by atoms with E-state index in [4.69, 9.17) is 4.74 Å².